The van der Waals surface area contributed by atoms with Crippen LogP contribution < -0.4 is 4.74 Å². The van der Waals surface area contributed by atoms with E-state index in [4.69, 9.17) is 9.57 Å². The van der Waals surface area contributed by atoms with Crippen LogP contribution in [-0.4, -0.2) is 23.9 Å². The Bertz CT molecular complexity index is 867. The van der Waals surface area contributed by atoms with Crippen LogP contribution in [0, 0.1) is 0 Å². The molecule has 0 aromatic heterocycles. The number of hydrogen-bond donors (Lipinski definition) is 1. The lowest BCUT2D eigenvalue weighted by molar-refractivity contribution is -0.129. The van der Waals surface area contributed by atoms with Crippen LogP contribution in [0.1, 0.15) is 22.8 Å². The molecule has 3 aromatic rings. The Kier molecular flexibility index (Phi) is 5.84. The SMILES string of the molecule is COc1ccc(C(=NOC(c2ccccc2)c2ccccc2)C(=O)O)cc1. The number of nitrogens with zero attached hydrogens (tertiary/aromatic N) is 1. The molecule has 0 aliphatic carbocycles. The summed E-state index contributed by atoms with van der Waals surface area (Å²) in [5, 5.41) is 13.5. The van der Waals surface area contributed by atoms with Gasteiger partial charge in [-0.2, -0.15) is 0 Å². The zero-order chi connectivity index (χ0) is 19.1. The van der Waals surface area contributed by atoms with Gasteiger partial charge in [0, 0.05) is 5.56 Å². The largest absolute Gasteiger partial charge is 0.497 e. The molecule has 136 valence electrons. The summed E-state index contributed by atoms with van der Waals surface area (Å²) >= 11 is 0. The van der Waals surface area contributed by atoms with Gasteiger partial charge < -0.3 is 14.7 Å². The van der Waals surface area contributed by atoms with Crippen molar-refractivity contribution in [2.75, 3.05) is 7.11 Å². The van der Waals surface area contributed by atoms with E-state index >= 15 is 0 Å². The molecule has 0 unspecified atom stereocenters. The lowest BCUT2D eigenvalue weighted by atomic mass is 10.0. The first-order valence-electron chi connectivity index (χ1n) is 8.40. The van der Waals surface area contributed by atoms with Crippen molar-refractivity contribution in [2.24, 2.45) is 5.16 Å². The molecule has 0 spiro atoms. The summed E-state index contributed by atoms with van der Waals surface area (Å²) in [6.45, 7) is 0. The highest BCUT2D eigenvalue weighted by Crippen LogP contribution is 2.26. The van der Waals surface area contributed by atoms with Gasteiger partial charge in [0.1, 0.15) is 5.75 Å². The zero-order valence-corrected chi connectivity index (χ0v) is 14.8. The summed E-state index contributed by atoms with van der Waals surface area (Å²) < 4.78 is 5.10. The van der Waals surface area contributed by atoms with Crippen LogP contribution in [0.3, 0.4) is 0 Å². The third kappa shape index (κ3) is 4.52. The molecule has 0 amide bonds. The van der Waals surface area contributed by atoms with Crippen LogP contribution in [0.25, 0.3) is 0 Å². The van der Waals surface area contributed by atoms with Crippen molar-refractivity contribution >= 4 is 11.7 Å². The molecule has 0 saturated carbocycles. The maximum absolute atomic E-state index is 11.7. The van der Waals surface area contributed by atoms with Gasteiger partial charge in [0.2, 0.25) is 0 Å². The molecular weight excluding hydrogens is 342 g/mol. The fourth-order valence-electron chi connectivity index (χ4n) is 2.64. The van der Waals surface area contributed by atoms with E-state index in [1.807, 2.05) is 60.7 Å². The first-order valence-corrected chi connectivity index (χ1v) is 8.40. The second kappa shape index (κ2) is 8.67. The standard InChI is InChI=1S/C22H19NO4/c1-26-19-14-12-16(13-15-19)20(22(24)25)23-27-21(17-8-4-2-5-9-17)18-10-6-3-7-11-18/h2-15,21H,1H3,(H,24,25). The van der Waals surface area contributed by atoms with E-state index in [-0.39, 0.29) is 5.71 Å². The number of methoxy groups -OCH3 is 1. The topological polar surface area (TPSA) is 68.1 Å². The Hall–Kier alpha value is -3.60. The summed E-state index contributed by atoms with van der Waals surface area (Å²) in [6, 6.07) is 25.7. The van der Waals surface area contributed by atoms with Crippen molar-refractivity contribution in [3.05, 3.63) is 102 Å². The molecule has 0 fully saturated rings. The maximum Gasteiger partial charge on any atom is 0.358 e. The molecule has 0 saturated heterocycles. The molecule has 0 heterocycles. The summed E-state index contributed by atoms with van der Waals surface area (Å²) in [5.74, 6) is -0.532. The Morgan fingerprint density at radius 2 is 1.37 bits per heavy atom. The number of aliphatic carboxylic acids is 1. The molecule has 0 bridgehead atoms. The summed E-state index contributed by atoms with van der Waals surface area (Å²) in [7, 11) is 1.55. The number of ether oxygens (including phenoxy) is 1. The van der Waals surface area contributed by atoms with Crippen molar-refractivity contribution in [2.45, 2.75) is 6.10 Å². The molecule has 3 rings (SSSR count). The third-order valence-electron chi connectivity index (χ3n) is 4.02. The maximum atomic E-state index is 11.7. The third-order valence-corrected chi connectivity index (χ3v) is 4.02. The normalized spacial score (nSPS) is 11.3. The number of rotatable bonds is 7. The molecule has 0 atom stereocenters. The Morgan fingerprint density at radius 3 is 1.81 bits per heavy atom. The first-order chi connectivity index (χ1) is 13.2. The fourth-order valence-corrected chi connectivity index (χ4v) is 2.64. The van der Waals surface area contributed by atoms with Crippen LogP contribution in [0.15, 0.2) is 90.1 Å². The summed E-state index contributed by atoms with van der Waals surface area (Å²) in [4.78, 5) is 17.4. The molecule has 0 aliphatic heterocycles. The van der Waals surface area contributed by atoms with Gasteiger partial charge >= 0.3 is 5.97 Å². The minimum atomic E-state index is -1.17. The van der Waals surface area contributed by atoms with Gasteiger partial charge in [0.25, 0.3) is 0 Å². The highest BCUT2D eigenvalue weighted by Gasteiger charge is 2.19. The van der Waals surface area contributed by atoms with Gasteiger partial charge in [-0.05, 0) is 35.4 Å². The minimum absolute atomic E-state index is 0.172. The highest BCUT2D eigenvalue weighted by atomic mass is 16.6. The van der Waals surface area contributed by atoms with E-state index in [1.54, 1.807) is 31.4 Å². The molecule has 5 nitrogen and oxygen atoms in total. The molecule has 27 heavy (non-hydrogen) atoms. The average Bonchev–Trinajstić information content (AvgIpc) is 2.72. The number of carboxylic acid groups (broad SMARTS) is 1. The fraction of sp³-hybridized carbons (Fsp3) is 0.0909. The predicted molar refractivity (Wildman–Crippen MR) is 103 cm³/mol. The van der Waals surface area contributed by atoms with Crippen molar-refractivity contribution in [1.29, 1.82) is 0 Å². The van der Waals surface area contributed by atoms with E-state index in [1.165, 1.54) is 0 Å². The van der Waals surface area contributed by atoms with Gasteiger partial charge in [-0.25, -0.2) is 4.79 Å². The van der Waals surface area contributed by atoms with Crippen LogP contribution in [-0.2, 0) is 9.63 Å². The molecule has 0 aliphatic rings. The number of benzene rings is 3. The van der Waals surface area contributed by atoms with Crippen LogP contribution in [0.4, 0.5) is 0 Å². The Morgan fingerprint density at radius 1 is 0.852 bits per heavy atom. The zero-order valence-electron chi connectivity index (χ0n) is 14.8. The second-order valence-corrected chi connectivity index (χ2v) is 5.78. The summed E-state index contributed by atoms with van der Waals surface area (Å²) in [6.07, 6.45) is -0.514. The van der Waals surface area contributed by atoms with Gasteiger partial charge in [0.15, 0.2) is 11.8 Å². The molecule has 5 heteroatoms. The van der Waals surface area contributed by atoms with Crippen LogP contribution in [0.5, 0.6) is 5.75 Å². The van der Waals surface area contributed by atoms with E-state index in [0.29, 0.717) is 11.3 Å². The Labute approximate surface area is 157 Å². The lowest BCUT2D eigenvalue weighted by Gasteiger charge is -2.16. The van der Waals surface area contributed by atoms with E-state index in [9.17, 15) is 9.90 Å². The monoisotopic (exact) mass is 361 g/mol. The molecular formula is C22H19NO4. The van der Waals surface area contributed by atoms with Gasteiger partial charge in [-0.1, -0.05) is 65.8 Å². The first kappa shape index (κ1) is 18.2. The average molecular weight is 361 g/mol. The molecule has 1 N–H and O–H groups in total. The summed E-state index contributed by atoms with van der Waals surface area (Å²) in [5.41, 5.74) is 2.02. The minimum Gasteiger partial charge on any atom is -0.497 e. The van der Waals surface area contributed by atoms with Crippen LogP contribution in [0.2, 0.25) is 0 Å². The quantitative estimate of drug-likeness (QED) is 0.503. The smallest absolute Gasteiger partial charge is 0.358 e. The van der Waals surface area contributed by atoms with Crippen molar-refractivity contribution in [3.8, 4) is 5.75 Å². The molecule has 3 aromatic carbocycles. The van der Waals surface area contributed by atoms with Gasteiger partial charge in [-0.15, -0.1) is 0 Å². The number of carbonyl (C=O) groups is 1. The number of oxime groups is 1. The second-order valence-electron chi connectivity index (χ2n) is 5.78. The molecule has 0 radical (unpaired) electrons. The highest BCUT2D eigenvalue weighted by molar-refractivity contribution is 6.42. The lowest BCUT2D eigenvalue weighted by Crippen LogP contribution is -2.16. The van der Waals surface area contributed by atoms with E-state index in [2.05, 4.69) is 5.16 Å². The van der Waals surface area contributed by atoms with Gasteiger partial charge in [-0.3, -0.25) is 0 Å². The number of carboxylic acids is 1. The number of hydrogen-bond acceptors (Lipinski definition) is 4. The van der Waals surface area contributed by atoms with Crippen molar-refractivity contribution in [3.63, 3.8) is 0 Å². The van der Waals surface area contributed by atoms with E-state index in [0.717, 1.165) is 11.1 Å². The van der Waals surface area contributed by atoms with Crippen molar-refractivity contribution in [1.82, 2.24) is 0 Å². The predicted octanol–water partition coefficient (Wildman–Crippen LogP) is 4.29. The Balaban J connectivity index is 1.94. The van der Waals surface area contributed by atoms with Crippen LogP contribution >= 0.6 is 0 Å². The van der Waals surface area contributed by atoms with Crippen molar-refractivity contribution < 1.29 is 19.5 Å². The van der Waals surface area contributed by atoms with Gasteiger partial charge in [0.05, 0.1) is 7.11 Å². The van der Waals surface area contributed by atoms with E-state index < -0.39 is 12.1 Å².